The zero-order valence-corrected chi connectivity index (χ0v) is 16.0. The van der Waals surface area contributed by atoms with Gasteiger partial charge in [-0.2, -0.15) is 0 Å². The summed E-state index contributed by atoms with van der Waals surface area (Å²) in [5.41, 5.74) is 2.60. The predicted octanol–water partition coefficient (Wildman–Crippen LogP) is 5.29. The third kappa shape index (κ3) is 1.69. The average Bonchev–Trinajstić information content (AvgIpc) is 3.48. The number of hydrogen-bond donors (Lipinski definition) is 0. The molecule has 0 saturated carbocycles. The van der Waals surface area contributed by atoms with Crippen LogP contribution in [0.25, 0.3) is 32.7 Å². The van der Waals surface area contributed by atoms with Crippen LogP contribution in [0.4, 0.5) is 0 Å². The summed E-state index contributed by atoms with van der Waals surface area (Å²) < 4.78 is 0. The first kappa shape index (κ1) is 15.9. The maximum absolute atomic E-state index is 4.91. The van der Waals surface area contributed by atoms with Crippen molar-refractivity contribution in [3.05, 3.63) is 83.9 Å². The Bertz CT molecular complexity index is 1370. The van der Waals surface area contributed by atoms with E-state index in [1.54, 1.807) is 24.9 Å². The third-order valence-electron chi connectivity index (χ3n) is 6.52. The Balaban J connectivity index is 1.77. The van der Waals surface area contributed by atoms with Crippen LogP contribution >= 0.6 is 0 Å². The molecule has 2 heterocycles. The van der Waals surface area contributed by atoms with Crippen molar-refractivity contribution < 1.29 is 0 Å². The first-order valence-corrected chi connectivity index (χ1v) is 10.1. The van der Waals surface area contributed by atoms with Crippen LogP contribution in [-0.2, 0) is 11.3 Å². The predicted molar refractivity (Wildman–Crippen MR) is 124 cm³/mol. The second-order valence-corrected chi connectivity index (χ2v) is 7.88. The molecule has 0 saturated heterocycles. The van der Waals surface area contributed by atoms with Crippen molar-refractivity contribution >= 4 is 46.4 Å². The molecular formula is C26H16N4. The van der Waals surface area contributed by atoms with Gasteiger partial charge in [-0.1, -0.05) is 72.8 Å². The molecule has 140 valence electrons. The van der Waals surface area contributed by atoms with E-state index >= 15 is 0 Å². The molecule has 4 aromatic carbocycles. The number of benzene rings is 4. The number of hydrogen-bond acceptors (Lipinski definition) is 4. The number of nitrogens with zero attached hydrogens (tertiary/aromatic N) is 4. The normalized spacial score (nSPS) is 18.7. The molecule has 0 amide bonds. The van der Waals surface area contributed by atoms with Gasteiger partial charge in [0.15, 0.2) is 0 Å². The summed E-state index contributed by atoms with van der Waals surface area (Å²) >= 11 is 0. The van der Waals surface area contributed by atoms with Crippen molar-refractivity contribution in [1.82, 2.24) is 0 Å². The van der Waals surface area contributed by atoms with E-state index in [0.29, 0.717) is 0 Å². The summed E-state index contributed by atoms with van der Waals surface area (Å²) in [4.78, 5) is 19.7. The standard InChI is InChI=1S/C26H16N4/c1-3-7-19-17(5-1)9-11-21-23(19)24-20-8-4-2-6-18(20)10-12-22(24)26(29-15-16-30-26)25(21)27-13-14-28-25/h1-16H. The van der Waals surface area contributed by atoms with Crippen molar-refractivity contribution in [3.8, 4) is 11.1 Å². The molecule has 4 nitrogen and oxygen atoms in total. The summed E-state index contributed by atoms with van der Waals surface area (Å²) in [5.74, 6) is 0. The Morgan fingerprint density at radius 3 is 1.27 bits per heavy atom. The molecule has 0 aromatic heterocycles. The van der Waals surface area contributed by atoms with Crippen molar-refractivity contribution in [2.75, 3.05) is 0 Å². The van der Waals surface area contributed by atoms with Crippen LogP contribution in [0.5, 0.6) is 0 Å². The lowest BCUT2D eigenvalue weighted by molar-refractivity contribution is 0.256. The molecule has 0 unspecified atom stereocenters. The molecular weight excluding hydrogens is 368 g/mol. The molecule has 3 aliphatic rings. The van der Waals surface area contributed by atoms with E-state index in [1.165, 1.54) is 32.7 Å². The van der Waals surface area contributed by atoms with E-state index in [-0.39, 0.29) is 0 Å². The highest BCUT2D eigenvalue weighted by atomic mass is 15.3. The first-order chi connectivity index (χ1) is 14.8. The second kappa shape index (κ2) is 5.36. The molecule has 4 heteroatoms. The van der Waals surface area contributed by atoms with Crippen LogP contribution in [0, 0.1) is 0 Å². The van der Waals surface area contributed by atoms with E-state index in [2.05, 4.69) is 72.8 Å². The Morgan fingerprint density at radius 1 is 0.433 bits per heavy atom. The summed E-state index contributed by atoms with van der Waals surface area (Å²) in [6, 6.07) is 25.7. The van der Waals surface area contributed by atoms with Crippen LogP contribution in [0.2, 0.25) is 0 Å². The number of rotatable bonds is 0. The minimum atomic E-state index is -0.925. The van der Waals surface area contributed by atoms with Gasteiger partial charge >= 0.3 is 0 Å². The van der Waals surface area contributed by atoms with Crippen molar-refractivity contribution in [3.63, 3.8) is 0 Å². The monoisotopic (exact) mass is 384 g/mol. The van der Waals surface area contributed by atoms with Crippen molar-refractivity contribution in [1.29, 1.82) is 0 Å². The molecule has 2 aliphatic heterocycles. The lowest BCUT2D eigenvalue weighted by Crippen LogP contribution is -2.45. The third-order valence-corrected chi connectivity index (χ3v) is 6.52. The van der Waals surface area contributed by atoms with Crippen LogP contribution in [0.1, 0.15) is 11.1 Å². The van der Waals surface area contributed by atoms with Gasteiger partial charge in [0.1, 0.15) is 0 Å². The highest BCUT2D eigenvalue weighted by molar-refractivity contribution is 6.20. The van der Waals surface area contributed by atoms with Gasteiger partial charge in [0.2, 0.25) is 11.3 Å². The maximum atomic E-state index is 4.91. The van der Waals surface area contributed by atoms with Crippen LogP contribution < -0.4 is 0 Å². The molecule has 30 heavy (non-hydrogen) atoms. The molecule has 1 aliphatic carbocycles. The topological polar surface area (TPSA) is 49.4 Å². The summed E-state index contributed by atoms with van der Waals surface area (Å²) in [6.07, 6.45) is 7.10. The van der Waals surface area contributed by atoms with Gasteiger partial charge in [-0.15, -0.1) is 0 Å². The molecule has 2 spiro atoms. The number of fused-ring (bicyclic) bond motifs is 10. The molecule has 0 fully saturated rings. The van der Waals surface area contributed by atoms with Gasteiger partial charge in [-0.25, -0.2) is 0 Å². The zero-order valence-electron chi connectivity index (χ0n) is 16.0. The van der Waals surface area contributed by atoms with Gasteiger partial charge < -0.3 is 0 Å². The van der Waals surface area contributed by atoms with E-state index in [0.717, 1.165) is 11.1 Å². The summed E-state index contributed by atoms with van der Waals surface area (Å²) in [5, 5.41) is 4.80. The van der Waals surface area contributed by atoms with E-state index < -0.39 is 11.3 Å². The Labute approximate surface area is 173 Å². The average molecular weight is 384 g/mol. The van der Waals surface area contributed by atoms with Gasteiger partial charge in [-0.3, -0.25) is 20.0 Å². The highest BCUT2D eigenvalue weighted by Gasteiger charge is 2.60. The van der Waals surface area contributed by atoms with Gasteiger partial charge in [-0.05, 0) is 32.7 Å². The quantitative estimate of drug-likeness (QED) is 0.396. The fraction of sp³-hybridized carbons (Fsp3) is 0.0769. The second-order valence-electron chi connectivity index (χ2n) is 7.88. The van der Waals surface area contributed by atoms with Crippen molar-refractivity contribution in [2.45, 2.75) is 11.3 Å². The first-order valence-electron chi connectivity index (χ1n) is 10.1. The summed E-state index contributed by atoms with van der Waals surface area (Å²) in [6.45, 7) is 0. The molecule has 0 N–H and O–H groups in total. The SMILES string of the molecule is C1=NC2(N=C1)c1ccc3ccccc3c1-c1c(ccc3ccccc13)C21N=CC=N1. The minimum Gasteiger partial charge on any atom is -0.252 e. The molecule has 0 radical (unpaired) electrons. The number of aliphatic imine (C=N–C) groups is 4. The Morgan fingerprint density at radius 2 is 0.833 bits per heavy atom. The van der Waals surface area contributed by atoms with E-state index in [4.69, 9.17) is 20.0 Å². The van der Waals surface area contributed by atoms with Gasteiger partial charge in [0.25, 0.3) is 0 Å². The van der Waals surface area contributed by atoms with Crippen molar-refractivity contribution in [2.24, 2.45) is 20.0 Å². The summed E-state index contributed by atoms with van der Waals surface area (Å²) in [7, 11) is 0. The smallest absolute Gasteiger partial charge is 0.225 e. The fourth-order valence-corrected chi connectivity index (χ4v) is 5.31. The lowest BCUT2D eigenvalue weighted by atomic mass is 9.69. The Hall–Kier alpha value is -3.92. The molecule has 7 rings (SSSR count). The molecule has 0 atom stereocenters. The maximum Gasteiger partial charge on any atom is 0.225 e. The van der Waals surface area contributed by atoms with E-state index in [1.807, 2.05) is 0 Å². The zero-order chi connectivity index (χ0) is 19.8. The highest BCUT2D eigenvalue weighted by Crippen LogP contribution is 2.60. The minimum absolute atomic E-state index is 0.925. The molecule has 0 bridgehead atoms. The van der Waals surface area contributed by atoms with Crippen LogP contribution in [0.15, 0.2) is 92.8 Å². The largest absolute Gasteiger partial charge is 0.252 e. The van der Waals surface area contributed by atoms with E-state index in [9.17, 15) is 0 Å². The fourth-order valence-electron chi connectivity index (χ4n) is 5.31. The Kier molecular flexibility index (Phi) is 2.85. The lowest BCUT2D eigenvalue weighted by Gasteiger charge is -2.44. The van der Waals surface area contributed by atoms with Gasteiger partial charge in [0.05, 0.1) is 0 Å². The van der Waals surface area contributed by atoms with Gasteiger partial charge in [0, 0.05) is 36.0 Å². The van der Waals surface area contributed by atoms with Crippen LogP contribution in [-0.4, -0.2) is 24.9 Å². The molecule has 4 aromatic rings. The van der Waals surface area contributed by atoms with Crippen LogP contribution in [0.3, 0.4) is 0 Å².